The maximum atomic E-state index is 11.8. The fourth-order valence-electron chi connectivity index (χ4n) is 2.69. The first-order valence-electron chi connectivity index (χ1n) is 7.96. The summed E-state index contributed by atoms with van der Waals surface area (Å²) in [6, 6.07) is 5.83. The Morgan fingerprint density at radius 3 is 2.52 bits per heavy atom. The maximum Gasteiger partial charge on any atom is 0.407 e. The summed E-state index contributed by atoms with van der Waals surface area (Å²) < 4.78 is 10.7. The molecule has 128 valence electrons. The molecule has 6 nitrogen and oxygen atoms in total. The number of piperidine rings is 1. The molecule has 3 N–H and O–H groups in total. The number of nitrogen functional groups attached to an aromatic ring is 1. The van der Waals surface area contributed by atoms with E-state index in [1.54, 1.807) is 7.11 Å². The quantitative estimate of drug-likeness (QED) is 0.837. The number of methoxy groups -OCH3 is 1. The third-order valence-electron chi connectivity index (χ3n) is 3.76. The number of rotatable bonds is 3. The molecule has 0 unspecified atom stereocenters. The first-order valence-corrected chi connectivity index (χ1v) is 7.96. The molecule has 1 aliphatic rings. The molecule has 1 aromatic rings. The molecule has 0 spiro atoms. The van der Waals surface area contributed by atoms with Crippen molar-refractivity contribution in [2.45, 2.75) is 45.3 Å². The van der Waals surface area contributed by atoms with Crippen molar-refractivity contribution in [2.75, 3.05) is 30.8 Å². The Kier molecular flexibility index (Phi) is 5.23. The zero-order valence-electron chi connectivity index (χ0n) is 14.4. The van der Waals surface area contributed by atoms with E-state index in [-0.39, 0.29) is 12.1 Å². The van der Waals surface area contributed by atoms with E-state index in [0.29, 0.717) is 5.69 Å². The van der Waals surface area contributed by atoms with Crippen LogP contribution in [0.1, 0.15) is 33.6 Å². The number of benzene rings is 1. The lowest BCUT2D eigenvalue weighted by Gasteiger charge is -2.35. The SMILES string of the molecule is COc1cc(N)ccc1N1CCC(NC(=O)OC(C)(C)C)CC1. The third-order valence-corrected chi connectivity index (χ3v) is 3.76. The van der Waals surface area contributed by atoms with Gasteiger partial charge in [-0.05, 0) is 45.7 Å². The van der Waals surface area contributed by atoms with Crippen LogP contribution in [-0.4, -0.2) is 37.9 Å². The van der Waals surface area contributed by atoms with E-state index in [1.165, 1.54) is 0 Å². The van der Waals surface area contributed by atoms with E-state index < -0.39 is 5.60 Å². The number of anilines is 2. The minimum absolute atomic E-state index is 0.140. The van der Waals surface area contributed by atoms with Gasteiger partial charge in [-0.3, -0.25) is 0 Å². The highest BCUT2D eigenvalue weighted by Gasteiger charge is 2.24. The number of hydrogen-bond donors (Lipinski definition) is 2. The smallest absolute Gasteiger partial charge is 0.407 e. The first-order chi connectivity index (χ1) is 10.8. The number of nitrogens with zero attached hydrogens (tertiary/aromatic N) is 1. The van der Waals surface area contributed by atoms with E-state index in [4.69, 9.17) is 15.2 Å². The standard InChI is InChI=1S/C17H27N3O3/c1-17(2,3)23-16(21)19-13-7-9-20(10-8-13)14-6-5-12(18)11-15(14)22-4/h5-6,11,13H,7-10,18H2,1-4H3,(H,19,21). The molecule has 2 rings (SSSR count). The monoisotopic (exact) mass is 321 g/mol. The average Bonchev–Trinajstić information content (AvgIpc) is 2.46. The van der Waals surface area contributed by atoms with Crippen LogP contribution in [0.2, 0.25) is 0 Å². The number of nitrogens with two attached hydrogens (primary N) is 1. The number of carbonyl (C=O) groups excluding carboxylic acids is 1. The molecular weight excluding hydrogens is 294 g/mol. The second-order valence-electron chi connectivity index (χ2n) is 6.84. The van der Waals surface area contributed by atoms with Gasteiger partial charge < -0.3 is 25.4 Å². The highest BCUT2D eigenvalue weighted by atomic mass is 16.6. The van der Waals surface area contributed by atoms with Crippen LogP contribution in [0.15, 0.2) is 18.2 Å². The van der Waals surface area contributed by atoms with Crippen LogP contribution in [0, 0.1) is 0 Å². The van der Waals surface area contributed by atoms with Gasteiger partial charge in [0.2, 0.25) is 0 Å². The highest BCUT2D eigenvalue weighted by molar-refractivity contribution is 5.68. The van der Waals surface area contributed by atoms with Crippen LogP contribution in [-0.2, 0) is 4.74 Å². The van der Waals surface area contributed by atoms with Crippen molar-refractivity contribution in [3.05, 3.63) is 18.2 Å². The summed E-state index contributed by atoms with van der Waals surface area (Å²) in [5, 5.41) is 2.95. The van der Waals surface area contributed by atoms with E-state index in [2.05, 4.69) is 10.2 Å². The van der Waals surface area contributed by atoms with Gasteiger partial charge >= 0.3 is 6.09 Å². The fraction of sp³-hybridized carbons (Fsp3) is 0.588. The van der Waals surface area contributed by atoms with Crippen molar-refractivity contribution in [3.63, 3.8) is 0 Å². The predicted molar refractivity (Wildman–Crippen MR) is 92.0 cm³/mol. The third kappa shape index (κ3) is 4.94. The molecule has 1 amide bonds. The number of alkyl carbamates (subject to hydrolysis) is 1. The van der Waals surface area contributed by atoms with Crippen molar-refractivity contribution in [1.82, 2.24) is 5.32 Å². The Morgan fingerprint density at radius 1 is 1.30 bits per heavy atom. The Hall–Kier alpha value is -2.11. The van der Waals surface area contributed by atoms with Crippen LogP contribution in [0.3, 0.4) is 0 Å². The Balaban J connectivity index is 1.90. The number of carbonyl (C=O) groups is 1. The molecule has 0 atom stereocenters. The highest BCUT2D eigenvalue weighted by Crippen LogP contribution is 2.32. The van der Waals surface area contributed by atoms with E-state index >= 15 is 0 Å². The normalized spacial score (nSPS) is 16.1. The van der Waals surface area contributed by atoms with E-state index in [9.17, 15) is 4.79 Å². The van der Waals surface area contributed by atoms with E-state index in [0.717, 1.165) is 37.4 Å². The molecule has 1 saturated heterocycles. The molecule has 23 heavy (non-hydrogen) atoms. The lowest BCUT2D eigenvalue weighted by Crippen LogP contribution is -2.46. The molecule has 0 aromatic heterocycles. The van der Waals surface area contributed by atoms with Crippen molar-refractivity contribution >= 4 is 17.5 Å². The number of hydrogen-bond acceptors (Lipinski definition) is 5. The Labute approximate surface area is 137 Å². The molecule has 0 saturated carbocycles. The topological polar surface area (TPSA) is 76.8 Å². The Morgan fingerprint density at radius 2 is 1.96 bits per heavy atom. The molecule has 1 aliphatic heterocycles. The number of nitrogens with one attached hydrogen (secondary N) is 1. The second-order valence-corrected chi connectivity index (χ2v) is 6.84. The molecule has 1 fully saturated rings. The summed E-state index contributed by atoms with van der Waals surface area (Å²) in [5.41, 5.74) is 7.06. The van der Waals surface area contributed by atoms with Crippen LogP contribution >= 0.6 is 0 Å². The van der Waals surface area contributed by atoms with Gasteiger partial charge in [0.15, 0.2) is 0 Å². The lowest BCUT2D eigenvalue weighted by atomic mass is 10.0. The van der Waals surface area contributed by atoms with Gasteiger partial charge in [0.25, 0.3) is 0 Å². The van der Waals surface area contributed by atoms with Crippen molar-refractivity contribution < 1.29 is 14.3 Å². The predicted octanol–water partition coefficient (Wildman–Crippen LogP) is 2.77. The van der Waals surface area contributed by atoms with Gasteiger partial charge in [0.05, 0.1) is 12.8 Å². The zero-order chi connectivity index (χ0) is 17.0. The number of ether oxygens (including phenoxy) is 2. The maximum absolute atomic E-state index is 11.8. The van der Waals surface area contributed by atoms with E-state index in [1.807, 2.05) is 39.0 Å². The van der Waals surface area contributed by atoms with Gasteiger partial charge in [0.1, 0.15) is 11.4 Å². The second kappa shape index (κ2) is 6.98. The minimum atomic E-state index is -0.470. The van der Waals surface area contributed by atoms with Crippen LogP contribution in [0.5, 0.6) is 5.75 Å². The van der Waals surface area contributed by atoms with Gasteiger partial charge in [-0.1, -0.05) is 0 Å². The summed E-state index contributed by atoms with van der Waals surface area (Å²) in [7, 11) is 1.65. The summed E-state index contributed by atoms with van der Waals surface area (Å²) in [5.74, 6) is 0.781. The minimum Gasteiger partial charge on any atom is -0.495 e. The summed E-state index contributed by atoms with van der Waals surface area (Å²) >= 11 is 0. The van der Waals surface area contributed by atoms with Gasteiger partial charge in [0, 0.05) is 30.9 Å². The molecule has 0 aliphatic carbocycles. The molecule has 0 bridgehead atoms. The summed E-state index contributed by atoms with van der Waals surface area (Å²) in [6.07, 6.45) is 1.39. The molecular formula is C17H27N3O3. The zero-order valence-corrected chi connectivity index (χ0v) is 14.4. The molecule has 6 heteroatoms. The van der Waals surface area contributed by atoms with Crippen LogP contribution in [0.25, 0.3) is 0 Å². The molecule has 1 aromatic carbocycles. The number of amides is 1. The first kappa shape index (κ1) is 17.2. The summed E-state index contributed by atoms with van der Waals surface area (Å²) in [6.45, 7) is 7.29. The van der Waals surface area contributed by atoms with Crippen molar-refractivity contribution in [3.8, 4) is 5.75 Å². The van der Waals surface area contributed by atoms with Gasteiger partial charge in [-0.15, -0.1) is 0 Å². The Bertz CT molecular complexity index is 547. The average molecular weight is 321 g/mol. The van der Waals surface area contributed by atoms with Gasteiger partial charge in [-0.2, -0.15) is 0 Å². The van der Waals surface area contributed by atoms with Gasteiger partial charge in [-0.25, -0.2) is 4.79 Å². The lowest BCUT2D eigenvalue weighted by molar-refractivity contribution is 0.0497. The largest absolute Gasteiger partial charge is 0.495 e. The van der Waals surface area contributed by atoms with Crippen LogP contribution in [0.4, 0.5) is 16.2 Å². The summed E-state index contributed by atoms with van der Waals surface area (Å²) in [4.78, 5) is 14.1. The van der Waals surface area contributed by atoms with Crippen molar-refractivity contribution in [1.29, 1.82) is 0 Å². The molecule has 1 heterocycles. The van der Waals surface area contributed by atoms with Crippen molar-refractivity contribution in [2.24, 2.45) is 0 Å². The van der Waals surface area contributed by atoms with Crippen LogP contribution < -0.4 is 20.7 Å². The molecule has 0 radical (unpaired) electrons. The fourth-order valence-corrected chi connectivity index (χ4v) is 2.69.